The second-order valence-corrected chi connectivity index (χ2v) is 6.51. The number of hydrogen-bond acceptors (Lipinski definition) is 5. The molecule has 4 nitrogen and oxygen atoms in total. The van der Waals surface area contributed by atoms with Crippen molar-refractivity contribution in [3.05, 3.63) is 46.5 Å². The maximum Gasteiger partial charge on any atom is 0.0670 e. The van der Waals surface area contributed by atoms with Gasteiger partial charge in [0.1, 0.15) is 0 Å². The van der Waals surface area contributed by atoms with Crippen molar-refractivity contribution in [2.24, 2.45) is 5.84 Å². The van der Waals surface area contributed by atoms with Crippen LogP contribution in [0.5, 0.6) is 0 Å². The molecule has 0 aliphatic carbocycles. The molecule has 1 aromatic carbocycles. The van der Waals surface area contributed by atoms with E-state index in [-0.39, 0.29) is 11.5 Å². The normalized spacial score (nSPS) is 13.5. The maximum atomic E-state index is 5.61. The Bertz CT molecular complexity index is 499. The molecule has 1 heterocycles. The number of nitrogens with one attached hydrogen (secondary N) is 1. The summed E-state index contributed by atoms with van der Waals surface area (Å²) >= 11 is 1.38. The van der Waals surface area contributed by atoms with Gasteiger partial charge >= 0.3 is 0 Å². The number of nitrogens with zero attached hydrogens (tertiary/aromatic N) is 2. The summed E-state index contributed by atoms with van der Waals surface area (Å²) in [5, 5.41) is 3.85. The third-order valence-electron chi connectivity index (χ3n) is 3.18. The fraction of sp³-hybridized carbons (Fsp3) is 0.429. The Morgan fingerprint density at radius 1 is 1.26 bits per heavy atom. The first-order valence-electron chi connectivity index (χ1n) is 6.33. The fourth-order valence-electron chi connectivity index (χ4n) is 1.95. The molecule has 19 heavy (non-hydrogen) atoms. The number of nitrogens with two attached hydrogens (primary N) is 1. The lowest BCUT2D eigenvalue weighted by Gasteiger charge is -2.20. The van der Waals surface area contributed by atoms with Crippen molar-refractivity contribution in [2.45, 2.75) is 38.6 Å². The largest absolute Gasteiger partial charge is 0.271 e. The Morgan fingerprint density at radius 2 is 1.95 bits per heavy atom. The van der Waals surface area contributed by atoms with Crippen molar-refractivity contribution in [2.75, 3.05) is 0 Å². The first-order valence-corrected chi connectivity index (χ1v) is 7.11. The third kappa shape index (κ3) is 3.59. The van der Waals surface area contributed by atoms with Gasteiger partial charge in [0.25, 0.3) is 0 Å². The van der Waals surface area contributed by atoms with Crippen LogP contribution in [0.4, 0.5) is 0 Å². The monoisotopic (exact) mass is 276 g/mol. The summed E-state index contributed by atoms with van der Waals surface area (Å²) in [6.45, 7) is 6.65. The average Bonchev–Trinajstić information content (AvgIpc) is 2.89. The number of aromatic nitrogens is 2. The summed E-state index contributed by atoms with van der Waals surface area (Å²) in [5.41, 5.74) is 5.61. The Kier molecular flexibility index (Phi) is 4.29. The quantitative estimate of drug-likeness (QED) is 0.665. The van der Waals surface area contributed by atoms with Crippen LogP contribution in [0.1, 0.15) is 42.8 Å². The van der Waals surface area contributed by atoms with Crippen molar-refractivity contribution in [1.82, 2.24) is 15.0 Å². The van der Waals surface area contributed by atoms with Crippen molar-refractivity contribution in [3.8, 4) is 0 Å². The highest BCUT2D eigenvalue weighted by atomic mass is 32.1. The Labute approximate surface area is 118 Å². The molecule has 2 rings (SSSR count). The van der Waals surface area contributed by atoms with Gasteiger partial charge in [0.2, 0.25) is 0 Å². The Hall–Kier alpha value is -1.30. The third-order valence-corrected chi connectivity index (χ3v) is 3.96. The van der Waals surface area contributed by atoms with E-state index < -0.39 is 0 Å². The standard InChI is InChI=1S/C14H20N4S/c1-14(2,3)11-6-4-10(5-7-11)8-12(17-15)13-9-16-18-19-13/h4-7,9,12,17H,8,15H2,1-3H3. The van der Waals surface area contributed by atoms with Crippen molar-refractivity contribution in [1.29, 1.82) is 0 Å². The molecule has 0 bridgehead atoms. The molecule has 3 N–H and O–H groups in total. The Morgan fingerprint density at radius 3 is 2.42 bits per heavy atom. The van der Waals surface area contributed by atoms with E-state index >= 15 is 0 Å². The van der Waals surface area contributed by atoms with Crippen molar-refractivity contribution >= 4 is 11.5 Å². The summed E-state index contributed by atoms with van der Waals surface area (Å²) in [6.07, 6.45) is 2.60. The first kappa shape index (κ1) is 14.1. The van der Waals surface area contributed by atoms with E-state index in [1.54, 1.807) is 6.20 Å². The minimum Gasteiger partial charge on any atom is -0.271 e. The number of rotatable bonds is 4. The van der Waals surface area contributed by atoms with Crippen LogP contribution < -0.4 is 11.3 Å². The zero-order valence-corrected chi connectivity index (χ0v) is 12.4. The molecule has 1 atom stereocenters. The average molecular weight is 276 g/mol. The molecule has 0 spiro atoms. The summed E-state index contributed by atoms with van der Waals surface area (Å²) in [5.74, 6) is 5.61. The fourth-order valence-corrected chi connectivity index (χ4v) is 2.51. The number of hydrazine groups is 1. The van der Waals surface area contributed by atoms with Gasteiger partial charge < -0.3 is 0 Å². The van der Waals surface area contributed by atoms with E-state index in [1.165, 1.54) is 22.7 Å². The van der Waals surface area contributed by atoms with Crippen LogP contribution in [-0.2, 0) is 11.8 Å². The van der Waals surface area contributed by atoms with E-state index in [9.17, 15) is 0 Å². The molecule has 102 valence electrons. The van der Waals surface area contributed by atoms with Gasteiger partial charge in [-0.2, -0.15) is 0 Å². The number of benzene rings is 1. The van der Waals surface area contributed by atoms with Crippen LogP contribution in [-0.4, -0.2) is 9.59 Å². The van der Waals surface area contributed by atoms with Crippen LogP contribution in [0, 0.1) is 0 Å². The molecule has 1 unspecified atom stereocenters. The molecule has 0 saturated heterocycles. The Balaban J connectivity index is 2.11. The minimum atomic E-state index is 0.0699. The lowest BCUT2D eigenvalue weighted by Crippen LogP contribution is -2.29. The van der Waals surface area contributed by atoms with Gasteiger partial charge in [0, 0.05) is 0 Å². The van der Waals surface area contributed by atoms with Gasteiger partial charge in [0.15, 0.2) is 0 Å². The second kappa shape index (κ2) is 5.77. The van der Waals surface area contributed by atoms with Gasteiger partial charge in [-0.1, -0.05) is 49.5 Å². The predicted octanol–water partition coefficient (Wildman–Crippen LogP) is 2.58. The highest BCUT2D eigenvalue weighted by molar-refractivity contribution is 7.05. The molecule has 0 aliphatic heterocycles. The summed E-state index contributed by atoms with van der Waals surface area (Å²) in [6, 6.07) is 8.78. The van der Waals surface area contributed by atoms with E-state index in [4.69, 9.17) is 5.84 Å². The van der Waals surface area contributed by atoms with E-state index in [0.717, 1.165) is 11.3 Å². The van der Waals surface area contributed by atoms with Gasteiger partial charge in [-0.15, -0.1) is 5.10 Å². The summed E-state index contributed by atoms with van der Waals surface area (Å²) < 4.78 is 3.88. The zero-order chi connectivity index (χ0) is 13.9. The smallest absolute Gasteiger partial charge is 0.0670 e. The minimum absolute atomic E-state index is 0.0699. The molecular formula is C14H20N4S. The molecule has 0 amide bonds. The number of hydrogen-bond donors (Lipinski definition) is 2. The lowest BCUT2D eigenvalue weighted by molar-refractivity contribution is 0.558. The predicted molar refractivity (Wildman–Crippen MR) is 78.8 cm³/mol. The van der Waals surface area contributed by atoms with Crippen LogP contribution in [0.25, 0.3) is 0 Å². The molecule has 0 aliphatic rings. The van der Waals surface area contributed by atoms with Gasteiger partial charge in [-0.3, -0.25) is 11.3 Å². The van der Waals surface area contributed by atoms with Gasteiger partial charge in [0.05, 0.1) is 17.1 Å². The highest BCUT2D eigenvalue weighted by Gasteiger charge is 2.15. The molecule has 0 radical (unpaired) electrons. The molecule has 5 heteroatoms. The topological polar surface area (TPSA) is 63.8 Å². The summed E-state index contributed by atoms with van der Waals surface area (Å²) in [4.78, 5) is 1.06. The zero-order valence-electron chi connectivity index (χ0n) is 11.6. The van der Waals surface area contributed by atoms with E-state index in [1.807, 2.05) is 0 Å². The van der Waals surface area contributed by atoms with Gasteiger partial charge in [-0.05, 0) is 34.5 Å². The first-order chi connectivity index (χ1) is 9.00. The van der Waals surface area contributed by atoms with Crippen LogP contribution in [0.15, 0.2) is 30.5 Å². The molecule has 0 fully saturated rings. The molecular weight excluding hydrogens is 256 g/mol. The van der Waals surface area contributed by atoms with Crippen LogP contribution in [0.2, 0.25) is 0 Å². The SMILES string of the molecule is CC(C)(C)c1ccc(CC(NN)c2cnns2)cc1. The van der Waals surface area contributed by atoms with Crippen molar-refractivity contribution < 1.29 is 0 Å². The van der Waals surface area contributed by atoms with Crippen LogP contribution in [0.3, 0.4) is 0 Å². The molecule has 2 aromatic rings. The summed E-state index contributed by atoms with van der Waals surface area (Å²) in [7, 11) is 0. The maximum absolute atomic E-state index is 5.61. The van der Waals surface area contributed by atoms with E-state index in [2.05, 4.69) is 60.0 Å². The molecule has 1 aromatic heterocycles. The highest BCUT2D eigenvalue weighted by Crippen LogP contribution is 2.24. The lowest BCUT2D eigenvalue weighted by atomic mass is 9.86. The van der Waals surface area contributed by atoms with Crippen molar-refractivity contribution in [3.63, 3.8) is 0 Å². The van der Waals surface area contributed by atoms with Crippen LogP contribution >= 0.6 is 11.5 Å². The second-order valence-electron chi connectivity index (χ2n) is 5.69. The van der Waals surface area contributed by atoms with E-state index in [0.29, 0.717) is 0 Å². The molecule has 0 saturated carbocycles. The van der Waals surface area contributed by atoms with Gasteiger partial charge in [-0.25, -0.2) is 0 Å².